The van der Waals surface area contributed by atoms with Crippen LogP contribution in [0.25, 0.3) is 11.3 Å². The van der Waals surface area contributed by atoms with Crippen molar-refractivity contribution in [3.8, 4) is 11.3 Å². The van der Waals surface area contributed by atoms with Crippen molar-refractivity contribution in [1.29, 1.82) is 0 Å². The number of nitrogens with zero attached hydrogens (tertiary/aromatic N) is 1. The molecule has 0 saturated carbocycles. The SMILES string of the molecule is CC(C)(C)CC(=O)NCC1OC(Cc2cc(-c3ccc(F)cc3)on2)CCC1O. The lowest BCUT2D eigenvalue weighted by Crippen LogP contribution is -2.47. The summed E-state index contributed by atoms with van der Waals surface area (Å²) in [7, 11) is 0. The average molecular weight is 404 g/mol. The highest BCUT2D eigenvalue weighted by Crippen LogP contribution is 2.25. The lowest BCUT2D eigenvalue weighted by atomic mass is 9.92. The van der Waals surface area contributed by atoms with Gasteiger partial charge in [0.25, 0.3) is 0 Å². The monoisotopic (exact) mass is 404 g/mol. The maximum atomic E-state index is 13.1. The number of amides is 1. The molecule has 2 N–H and O–H groups in total. The third kappa shape index (κ3) is 6.37. The van der Waals surface area contributed by atoms with Crippen molar-refractivity contribution in [2.24, 2.45) is 5.41 Å². The first kappa shape index (κ1) is 21.5. The third-order valence-corrected chi connectivity index (χ3v) is 4.90. The van der Waals surface area contributed by atoms with Crippen LogP contribution < -0.4 is 5.32 Å². The van der Waals surface area contributed by atoms with Gasteiger partial charge in [0, 0.05) is 31.0 Å². The third-order valence-electron chi connectivity index (χ3n) is 4.90. The van der Waals surface area contributed by atoms with Crippen LogP contribution >= 0.6 is 0 Å². The highest BCUT2D eigenvalue weighted by atomic mass is 19.1. The number of ether oxygens (including phenoxy) is 1. The minimum absolute atomic E-state index is 0.0455. The van der Waals surface area contributed by atoms with Gasteiger partial charge in [-0.25, -0.2) is 4.39 Å². The lowest BCUT2D eigenvalue weighted by Gasteiger charge is -2.34. The molecule has 1 aliphatic heterocycles. The van der Waals surface area contributed by atoms with E-state index in [0.29, 0.717) is 31.4 Å². The number of rotatable bonds is 6. The quantitative estimate of drug-likeness (QED) is 0.770. The number of halogens is 1. The van der Waals surface area contributed by atoms with Crippen molar-refractivity contribution >= 4 is 5.91 Å². The minimum Gasteiger partial charge on any atom is -0.390 e. The number of benzene rings is 1. The fourth-order valence-electron chi connectivity index (χ4n) is 3.43. The number of aliphatic hydroxyl groups excluding tert-OH is 1. The van der Waals surface area contributed by atoms with Gasteiger partial charge in [-0.05, 0) is 42.5 Å². The molecule has 1 aromatic heterocycles. The molecule has 7 heteroatoms. The van der Waals surface area contributed by atoms with E-state index in [0.717, 1.165) is 11.3 Å². The Kier molecular flexibility index (Phi) is 6.70. The number of hydrogen-bond acceptors (Lipinski definition) is 5. The first-order chi connectivity index (χ1) is 13.7. The Labute approximate surface area is 170 Å². The molecule has 0 radical (unpaired) electrons. The predicted molar refractivity (Wildman–Crippen MR) is 107 cm³/mol. The second-order valence-electron chi connectivity index (χ2n) is 8.88. The van der Waals surface area contributed by atoms with Gasteiger partial charge in [0.1, 0.15) is 11.9 Å². The predicted octanol–water partition coefficient (Wildman–Crippen LogP) is 3.48. The van der Waals surface area contributed by atoms with E-state index in [2.05, 4.69) is 10.5 Å². The summed E-state index contributed by atoms with van der Waals surface area (Å²) in [5, 5.41) is 17.2. The van der Waals surface area contributed by atoms with Gasteiger partial charge < -0.3 is 19.7 Å². The summed E-state index contributed by atoms with van der Waals surface area (Å²) in [5.41, 5.74) is 1.40. The molecule has 3 atom stereocenters. The molecule has 158 valence electrons. The Hall–Kier alpha value is -2.25. The molecule has 0 spiro atoms. The number of carbonyl (C=O) groups excluding carboxylic acids is 1. The van der Waals surface area contributed by atoms with Crippen LogP contribution in [0.5, 0.6) is 0 Å². The Morgan fingerprint density at radius 3 is 2.69 bits per heavy atom. The second kappa shape index (κ2) is 9.05. The summed E-state index contributed by atoms with van der Waals surface area (Å²) < 4.78 is 24.5. The lowest BCUT2D eigenvalue weighted by molar-refractivity contribution is -0.130. The van der Waals surface area contributed by atoms with Crippen molar-refractivity contribution in [3.63, 3.8) is 0 Å². The van der Waals surface area contributed by atoms with E-state index < -0.39 is 12.2 Å². The highest BCUT2D eigenvalue weighted by Gasteiger charge is 2.31. The molecule has 1 saturated heterocycles. The van der Waals surface area contributed by atoms with E-state index in [4.69, 9.17) is 9.26 Å². The molecule has 3 unspecified atom stereocenters. The van der Waals surface area contributed by atoms with E-state index in [1.54, 1.807) is 12.1 Å². The Bertz CT molecular complexity index is 813. The largest absolute Gasteiger partial charge is 0.390 e. The van der Waals surface area contributed by atoms with Crippen LogP contribution in [-0.2, 0) is 16.0 Å². The summed E-state index contributed by atoms with van der Waals surface area (Å²) in [5.74, 6) is 0.223. The zero-order valence-corrected chi connectivity index (χ0v) is 17.2. The zero-order chi connectivity index (χ0) is 21.0. The van der Waals surface area contributed by atoms with E-state index in [1.165, 1.54) is 12.1 Å². The zero-order valence-electron chi connectivity index (χ0n) is 17.2. The Balaban J connectivity index is 1.54. The molecule has 1 fully saturated rings. The molecule has 1 amide bonds. The van der Waals surface area contributed by atoms with Gasteiger partial charge in [-0.3, -0.25) is 4.79 Å². The van der Waals surface area contributed by atoms with Crippen LogP contribution in [0.1, 0.15) is 45.7 Å². The first-order valence-electron chi connectivity index (χ1n) is 10.0. The first-order valence-corrected chi connectivity index (χ1v) is 10.0. The number of aromatic nitrogens is 1. The van der Waals surface area contributed by atoms with Gasteiger partial charge in [-0.15, -0.1) is 0 Å². The van der Waals surface area contributed by atoms with Crippen LogP contribution in [0.3, 0.4) is 0 Å². The second-order valence-corrected chi connectivity index (χ2v) is 8.88. The van der Waals surface area contributed by atoms with E-state index >= 15 is 0 Å². The fourth-order valence-corrected chi connectivity index (χ4v) is 3.43. The van der Waals surface area contributed by atoms with Crippen molar-refractivity contribution in [1.82, 2.24) is 10.5 Å². The molecule has 2 aromatic rings. The number of carbonyl (C=O) groups is 1. The summed E-state index contributed by atoms with van der Waals surface area (Å²) in [6.45, 7) is 6.30. The molecule has 29 heavy (non-hydrogen) atoms. The summed E-state index contributed by atoms with van der Waals surface area (Å²) >= 11 is 0. The summed E-state index contributed by atoms with van der Waals surface area (Å²) in [6, 6.07) is 7.86. The maximum absolute atomic E-state index is 13.1. The molecule has 0 aliphatic carbocycles. The van der Waals surface area contributed by atoms with Crippen molar-refractivity contribution in [2.45, 2.75) is 64.8 Å². The van der Waals surface area contributed by atoms with Crippen LogP contribution in [-0.4, -0.2) is 41.0 Å². The fraction of sp³-hybridized carbons (Fsp3) is 0.545. The normalized spacial score (nSPS) is 22.4. The number of nitrogens with one attached hydrogen (secondary N) is 1. The van der Waals surface area contributed by atoms with Gasteiger partial charge in [0.15, 0.2) is 5.76 Å². The molecule has 2 heterocycles. The number of hydrogen-bond donors (Lipinski definition) is 2. The van der Waals surface area contributed by atoms with Crippen molar-refractivity contribution < 1.29 is 23.6 Å². The Morgan fingerprint density at radius 1 is 1.28 bits per heavy atom. The van der Waals surface area contributed by atoms with E-state index in [-0.39, 0.29) is 29.8 Å². The van der Waals surface area contributed by atoms with Gasteiger partial charge in [0.2, 0.25) is 5.91 Å². The maximum Gasteiger partial charge on any atom is 0.220 e. The van der Waals surface area contributed by atoms with E-state index in [1.807, 2.05) is 26.8 Å². The molecular weight excluding hydrogens is 375 g/mol. The molecule has 0 bridgehead atoms. The van der Waals surface area contributed by atoms with Gasteiger partial charge in [0.05, 0.1) is 17.9 Å². The minimum atomic E-state index is -0.603. The smallest absolute Gasteiger partial charge is 0.220 e. The van der Waals surface area contributed by atoms with Gasteiger partial charge in [-0.2, -0.15) is 0 Å². The average Bonchev–Trinajstić information content (AvgIpc) is 3.10. The van der Waals surface area contributed by atoms with Crippen LogP contribution in [0.4, 0.5) is 4.39 Å². The topological polar surface area (TPSA) is 84.6 Å². The van der Waals surface area contributed by atoms with Gasteiger partial charge >= 0.3 is 0 Å². The standard InChI is InChI=1S/C22H29FN2O4/c1-22(2,3)12-21(27)24-13-20-18(26)9-8-17(28-20)10-16-11-19(29-25-16)14-4-6-15(23)7-5-14/h4-7,11,17-18,20,26H,8-10,12-13H2,1-3H3,(H,24,27). The van der Waals surface area contributed by atoms with Crippen LogP contribution in [0.15, 0.2) is 34.9 Å². The number of aliphatic hydroxyl groups is 1. The molecule has 6 nitrogen and oxygen atoms in total. The van der Waals surface area contributed by atoms with Crippen molar-refractivity contribution in [2.75, 3.05) is 6.54 Å². The molecule has 1 aromatic carbocycles. The molecule has 1 aliphatic rings. The highest BCUT2D eigenvalue weighted by molar-refractivity contribution is 5.76. The molecule has 3 rings (SSSR count). The van der Waals surface area contributed by atoms with Crippen LogP contribution in [0, 0.1) is 11.2 Å². The summed E-state index contributed by atoms with van der Waals surface area (Å²) in [4.78, 5) is 12.0. The molecular formula is C22H29FN2O4. The summed E-state index contributed by atoms with van der Waals surface area (Å²) in [6.07, 6.45) is 1.11. The van der Waals surface area contributed by atoms with Crippen LogP contribution in [0.2, 0.25) is 0 Å². The van der Waals surface area contributed by atoms with Crippen molar-refractivity contribution in [3.05, 3.63) is 41.8 Å². The van der Waals surface area contributed by atoms with Gasteiger partial charge in [-0.1, -0.05) is 25.9 Å². The Morgan fingerprint density at radius 2 is 2.00 bits per heavy atom. The van der Waals surface area contributed by atoms with E-state index in [9.17, 15) is 14.3 Å².